The number of carbonyl (C=O) groups is 2. The molecule has 2 amide bonds. The van der Waals surface area contributed by atoms with E-state index in [1.807, 2.05) is 5.01 Å². The fourth-order valence-electron chi connectivity index (χ4n) is 3.71. The fraction of sp³-hybridized carbons (Fsp3) is 0.476. The number of halogens is 1. The van der Waals surface area contributed by atoms with Crippen molar-refractivity contribution in [2.24, 2.45) is 0 Å². The molecule has 0 atom stereocenters. The number of hydrogen-bond donors (Lipinski definition) is 2. The number of anilines is 1. The molecule has 0 unspecified atom stereocenters. The lowest BCUT2D eigenvalue weighted by atomic mass is 9.97. The van der Waals surface area contributed by atoms with Crippen molar-refractivity contribution in [3.05, 3.63) is 40.4 Å². The first-order chi connectivity index (χ1) is 14.0. The molecule has 0 bridgehead atoms. The normalized spacial score (nSPS) is 16.4. The number of amides is 2. The average molecular weight is 435 g/mol. The molecule has 1 saturated heterocycles. The van der Waals surface area contributed by atoms with Crippen LogP contribution in [0, 0.1) is 0 Å². The van der Waals surface area contributed by atoms with Crippen molar-refractivity contribution in [1.82, 2.24) is 15.3 Å². The number of carbonyl (C=O) groups excluding carboxylic acids is 2. The van der Waals surface area contributed by atoms with E-state index in [1.54, 1.807) is 23.2 Å². The second kappa shape index (κ2) is 10.1. The van der Waals surface area contributed by atoms with Crippen LogP contribution in [0.2, 0.25) is 5.02 Å². The van der Waals surface area contributed by atoms with Crippen LogP contribution in [0.4, 0.5) is 5.69 Å². The molecular formula is C21H27ClN4O2S. The molecule has 0 radical (unpaired) electrons. The molecule has 0 saturated carbocycles. The SMILES string of the molecule is CC(=O)Nc1cccc(C(=O)N2CCCN2C(=S)NCCC2=CCCCC2)c1Cl. The number of benzene rings is 1. The van der Waals surface area contributed by atoms with E-state index in [2.05, 4.69) is 16.7 Å². The molecule has 0 aromatic heterocycles. The number of nitrogens with one attached hydrogen (secondary N) is 2. The second-order valence-electron chi connectivity index (χ2n) is 7.34. The highest BCUT2D eigenvalue weighted by molar-refractivity contribution is 7.80. The predicted octanol–water partition coefficient (Wildman–Crippen LogP) is 4.13. The topological polar surface area (TPSA) is 64.7 Å². The van der Waals surface area contributed by atoms with E-state index in [1.165, 1.54) is 38.2 Å². The van der Waals surface area contributed by atoms with E-state index >= 15 is 0 Å². The summed E-state index contributed by atoms with van der Waals surface area (Å²) in [4.78, 5) is 24.5. The van der Waals surface area contributed by atoms with E-state index in [0.717, 1.165) is 19.4 Å². The van der Waals surface area contributed by atoms with Gasteiger partial charge in [-0.15, -0.1) is 0 Å². The largest absolute Gasteiger partial charge is 0.361 e. The van der Waals surface area contributed by atoms with Gasteiger partial charge in [-0.25, -0.2) is 5.01 Å². The van der Waals surface area contributed by atoms with Gasteiger partial charge >= 0.3 is 0 Å². The maximum Gasteiger partial charge on any atom is 0.274 e. The van der Waals surface area contributed by atoms with Crippen LogP contribution in [0.15, 0.2) is 29.8 Å². The van der Waals surface area contributed by atoms with Crippen molar-refractivity contribution in [2.75, 3.05) is 25.0 Å². The molecule has 1 aliphatic carbocycles. The molecule has 1 aromatic rings. The molecule has 156 valence electrons. The molecule has 29 heavy (non-hydrogen) atoms. The minimum absolute atomic E-state index is 0.223. The lowest BCUT2D eigenvalue weighted by Crippen LogP contribution is -2.49. The number of nitrogens with zero attached hydrogens (tertiary/aromatic N) is 2. The molecule has 1 fully saturated rings. The van der Waals surface area contributed by atoms with E-state index < -0.39 is 0 Å². The van der Waals surface area contributed by atoms with E-state index in [-0.39, 0.29) is 16.8 Å². The fourth-order valence-corrected chi connectivity index (χ4v) is 4.26. The Morgan fingerprint density at radius 2 is 1.97 bits per heavy atom. The first-order valence-corrected chi connectivity index (χ1v) is 10.9. The van der Waals surface area contributed by atoms with Gasteiger partial charge in [0.25, 0.3) is 5.91 Å². The Kier molecular flexibility index (Phi) is 7.50. The van der Waals surface area contributed by atoms with Gasteiger partial charge in [0, 0.05) is 26.6 Å². The van der Waals surface area contributed by atoms with Gasteiger partial charge in [0.1, 0.15) is 0 Å². The Morgan fingerprint density at radius 3 is 2.69 bits per heavy atom. The van der Waals surface area contributed by atoms with Gasteiger partial charge in [-0.3, -0.25) is 14.6 Å². The summed E-state index contributed by atoms with van der Waals surface area (Å²) < 4.78 is 0. The quantitative estimate of drug-likeness (QED) is 0.539. The molecule has 6 nitrogen and oxygen atoms in total. The number of thiocarbonyl (C=S) groups is 1. The lowest BCUT2D eigenvalue weighted by Gasteiger charge is -2.30. The molecular weight excluding hydrogens is 408 g/mol. The highest BCUT2D eigenvalue weighted by Crippen LogP contribution is 2.28. The van der Waals surface area contributed by atoms with Crippen LogP contribution in [-0.2, 0) is 4.79 Å². The summed E-state index contributed by atoms with van der Waals surface area (Å²) >= 11 is 11.9. The minimum atomic E-state index is -0.238. The Bertz CT molecular complexity index is 827. The maximum absolute atomic E-state index is 13.1. The summed E-state index contributed by atoms with van der Waals surface area (Å²) in [6, 6.07) is 5.05. The van der Waals surface area contributed by atoms with Crippen molar-refractivity contribution < 1.29 is 9.59 Å². The van der Waals surface area contributed by atoms with Gasteiger partial charge in [0.2, 0.25) is 5.91 Å². The molecule has 2 N–H and O–H groups in total. The zero-order chi connectivity index (χ0) is 20.8. The third kappa shape index (κ3) is 5.48. The van der Waals surface area contributed by atoms with Gasteiger partial charge in [-0.2, -0.15) is 0 Å². The van der Waals surface area contributed by atoms with Crippen molar-refractivity contribution >= 4 is 46.4 Å². The zero-order valence-electron chi connectivity index (χ0n) is 16.7. The molecule has 2 aliphatic rings. The molecule has 8 heteroatoms. The second-order valence-corrected chi connectivity index (χ2v) is 8.11. The van der Waals surface area contributed by atoms with Gasteiger partial charge in [-0.1, -0.05) is 29.3 Å². The number of rotatable bonds is 5. The van der Waals surface area contributed by atoms with Crippen molar-refractivity contribution in [3.63, 3.8) is 0 Å². The Labute approximate surface area is 182 Å². The molecule has 1 heterocycles. The summed E-state index contributed by atoms with van der Waals surface area (Å²) in [6.07, 6.45) is 9.05. The number of hydrazine groups is 1. The third-order valence-corrected chi connectivity index (χ3v) is 5.91. The summed E-state index contributed by atoms with van der Waals surface area (Å²) in [5, 5.41) is 10.2. The number of allylic oxidation sites excluding steroid dienone is 1. The van der Waals surface area contributed by atoms with Crippen molar-refractivity contribution in [2.45, 2.75) is 45.4 Å². The van der Waals surface area contributed by atoms with Crippen LogP contribution in [0.5, 0.6) is 0 Å². The smallest absolute Gasteiger partial charge is 0.274 e. The number of hydrogen-bond acceptors (Lipinski definition) is 3. The van der Waals surface area contributed by atoms with Crippen molar-refractivity contribution in [1.29, 1.82) is 0 Å². The Balaban J connectivity index is 1.63. The molecule has 1 aromatic carbocycles. The van der Waals surface area contributed by atoms with Gasteiger partial charge in [-0.05, 0) is 62.9 Å². The Hall–Kier alpha value is -2.12. The third-order valence-electron chi connectivity index (χ3n) is 5.15. The van der Waals surface area contributed by atoms with E-state index in [0.29, 0.717) is 29.5 Å². The first kappa shape index (κ1) is 21.6. The molecule has 3 rings (SSSR count). The summed E-state index contributed by atoms with van der Waals surface area (Å²) in [7, 11) is 0. The summed E-state index contributed by atoms with van der Waals surface area (Å²) in [5.41, 5.74) is 2.26. The summed E-state index contributed by atoms with van der Waals surface area (Å²) in [5.74, 6) is -0.461. The standard InChI is InChI=1S/C21H27ClN4O2S/c1-15(27)24-18-10-5-9-17(19(18)22)20(28)25-13-6-14-26(25)21(29)23-12-11-16-7-3-2-4-8-16/h5,7,9-10H,2-4,6,8,11-14H2,1H3,(H,23,29)(H,24,27). The van der Waals surface area contributed by atoms with E-state index in [9.17, 15) is 9.59 Å². The highest BCUT2D eigenvalue weighted by atomic mass is 35.5. The average Bonchev–Trinajstić information content (AvgIpc) is 3.19. The van der Waals surface area contributed by atoms with Gasteiger partial charge in [0.05, 0.1) is 16.3 Å². The van der Waals surface area contributed by atoms with Crippen LogP contribution in [-0.4, -0.2) is 46.6 Å². The monoisotopic (exact) mass is 434 g/mol. The minimum Gasteiger partial charge on any atom is -0.361 e. The van der Waals surface area contributed by atoms with Crippen LogP contribution in [0.25, 0.3) is 0 Å². The van der Waals surface area contributed by atoms with Crippen LogP contribution < -0.4 is 10.6 Å². The predicted molar refractivity (Wildman–Crippen MR) is 120 cm³/mol. The van der Waals surface area contributed by atoms with E-state index in [4.69, 9.17) is 23.8 Å². The molecule has 1 aliphatic heterocycles. The highest BCUT2D eigenvalue weighted by Gasteiger charge is 2.31. The maximum atomic E-state index is 13.1. The van der Waals surface area contributed by atoms with Crippen LogP contribution in [0.3, 0.4) is 0 Å². The lowest BCUT2D eigenvalue weighted by molar-refractivity contribution is -0.114. The van der Waals surface area contributed by atoms with Crippen molar-refractivity contribution in [3.8, 4) is 0 Å². The first-order valence-electron chi connectivity index (χ1n) is 10.1. The van der Waals surface area contributed by atoms with Crippen LogP contribution >= 0.6 is 23.8 Å². The van der Waals surface area contributed by atoms with Crippen LogP contribution in [0.1, 0.15) is 55.8 Å². The zero-order valence-corrected chi connectivity index (χ0v) is 18.2. The van der Waals surface area contributed by atoms with Gasteiger partial charge in [0.15, 0.2) is 5.11 Å². The molecule has 0 spiro atoms. The summed E-state index contributed by atoms with van der Waals surface area (Å²) in [6.45, 7) is 3.43. The van der Waals surface area contributed by atoms with Gasteiger partial charge < -0.3 is 10.6 Å². The Morgan fingerprint density at radius 1 is 1.17 bits per heavy atom.